The Kier molecular flexibility index (Phi) is 8.23. The van der Waals surface area contributed by atoms with Crippen LogP contribution in [0.3, 0.4) is 0 Å². The molecule has 3 nitrogen and oxygen atoms in total. The number of anilines is 3. The summed E-state index contributed by atoms with van der Waals surface area (Å²) in [6, 6.07) is 83.0. The third-order valence-electron chi connectivity index (χ3n) is 13.7. The lowest BCUT2D eigenvalue weighted by molar-refractivity contribution is 0.483. The van der Waals surface area contributed by atoms with Crippen molar-refractivity contribution in [3.8, 4) is 23.0 Å². The van der Waals surface area contributed by atoms with Crippen molar-refractivity contribution in [2.75, 3.05) is 4.90 Å². The van der Waals surface area contributed by atoms with Crippen molar-refractivity contribution in [3.05, 3.63) is 236 Å². The van der Waals surface area contributed by atoms with Crippen molar-refractivity contribution in [1.82, 2.24) is 0 Å². The Labute approximate surface area is 365 Å². The summed E-state index contributed by atoms with van der Waals surface area (Å²) in [5.41, 5.74) is 6.02. The van der Waals surface area contributed by atoms with Gasteiger partial charge in [0, 0.05) is 11.1 Å². The molecule has 9 aromatic rings. The number of fused-ring (bicyclic) bond motifs is 10. The molecule has 0 unspecified atom stereocenters. The van der Waals surface area contributed by atoms with Crippen molar-refractivity contribution in [2.45, 2.75) is 19.3 Å². The Morgan fingerprint density at radius 1 is 0.403 bits per heavy atom. The topological polar surface area (TPSA) is 21.7 Å². The largest absolute Gasteiger partial charge is 0.458 e. The van der Waals surface area contributed by atoms with Crippen LogP contribution in [0.1, 0.15) is 25.0 Å². The summed E-state index contributed by atoms with van der Waals surface area (Å²) < 4.78 is 14.3. The first-order chi connectivity index (χ1) is 30.5. The Morgan fingerprint density at radius 3 is 1.40 bits per heavy atom. The van der Waals surface area contributed by atoms with Crippen LogP contribution in [0.25, 0.3) is 0 Å². The Morgan fingerprint density at radius 2 is 0.839 bits per heavy atom. The van der Waals surface area contributed by atoms with Crippen molar-refractivity contribution in [3.63, 3.8) is 0 Å². The molecule has 5 heteroatoms. The second-order valence-corrected chi connectivity index (χ2v) is 24.6. The van der Waals surface area contributed by atoms with Gasteiger partial charge in [0.15, 0.2) is 16.1 Å². The molecule has 0 N–H and O–H groups in total. The summed E-state index contributed by atoms with van der Waals surface area (Å²) >= 11 is 0. The van der Waals surface area contributed by atoms with Gasteiger partial charge >= 0.3 is 0 Å². The molecule has 0 saturated heterocycles. The Hall–Kier alpha value is -7.19. The van der Waals surface area contributed by atoms with Crippen molar-refractivity contribution in [1.29, 1.82) is 0 Å². The van der Waals surface area contributed by atoms with Gasteiger partial charge in [-0.1, -0.05) is 196 Å². The van der Waals surface area contributed by atoms with Crippen LogP contribution in [-0.4, -0.2) is 16.1 Å². The second kappa shape index (κ2) is 13.9. The van der Waals surface area contributed by atoms with E-state index in [4.69, 9.17) is 9.47 Å². The molecule has 62 heavy (non-hydrogen) atoms. The summed E-state index contributed by atoms with van der Waals surface area (Å²) in [4.78, 5) is 2.49. The molecule has 3 heterocycles. The first kappa shape index (κ1) is 36.6. The van der Waals surface area contributed by atoms with Crippen LogP contribution in [0.5, 0.6) is 23.0 Å². The first-order valence-corrected chi connectivity index (χ1v) is 25.5. The predicted molar refractivity (Wildman–Crippen MR) is 261 cm³/mol. The molecule has 0 aromatic heterocycles. The number of nitrogens with zero attached hydrogens (tertiary/aromatic N) is 1. The van der Waals surface area contributed by atoms with Crippen molar-refractivity contribution >= 4 is 74.7 Å². The van der Waals surface area contributed by atoms with Gasteiger partial charge in [0.25, 0.3) is 0 Å². The summed E-state index contributed by atoms with van der Waals surface area (Å²) in [5, 5.41) is 10.1. The minimum absolute atomic E-state index is 0.161. The molecule has 1 spiro atoms. The number of rotatable bonds is 5. The highest BCUT2D eigenvalue weighted by Gasteiger charge is 2.55. The molecule has 3 aliphatic heterocycles. The van der Waals surface area contributed by atoms with Gasteiger partial charge in [-0.15, -0.1) is 0 Å². The molecule has 0 aliphatic carbocycles. The fourth-order valence-corrected chi connectivity index (χ4v) is 21.3. The van der Waals surface area contributed by atoms with Crippen LogP contribution < -0.4 is 55.9 Å². The zero-order valence-corrected chi connectivity index (χ0v) is 36.6. The lowest BCUT2D eigenvalue weighted by atomic mass is 9.73. The quantitative estimate of drug-likeness (QED) is 0.128. The van der Waals surface area contributed by atoms with E-state index in [9.17, 15) is 0 Å². The van der Waals surface area contributed by atoms with E-state index in [0.29, 0.717) is 0 Å². The van der Waals surface area contributed by atoms with E-state index in [1.165, 1.54) is 64.0 Å². The number of hydrogen-bond acceptors (Lipinski definition) is 3. The Bertz CT molecular complexity index is 3050. The van der Waals surface area contributed by atoms with Gasteiger partial charge < -0.3 is 14.4 Å². The molecule has 9 aromatic carbocycles. The molecule has 3 aliphatic rings. The number of hydrogen-bond donors (Lipinski definition) is 0. The molecular weight excluding hydrogens is 787 g/mol. The van der Waals surface area contributed by atoms with Gasteiger partial charge in [-0.2, -0.15) is 0 Å². The highest BCUT2D eigenvalue weighted by Crippen LogP contribution is 2.51. The molecule has 0 bridgehead atoms. The average molecular weight is 830 g/mol. The maximum atomic E-state index is 7.52. The number of benzene rings is 9. The van der Waals surface area contributed by atoms with E-state index >= 15 is 0 Å². The first-order valence-electron chi connectivity index (χ1n) is 21.5. The lowest BCUT2D eigenvalue weighted by Gasteiger charge is -2.45. The van der Waals surface area contributed by atoms with Crippen LogP contribution in [0.2, 0.25) is 0 Å². The zero-order chi connectivity index (χ0) is 41.5. The minimum atomic E-state index is -3.23. The highest BCUT2D eigenvalue weighted by molar-refractivity contribution is 7.23. The summed E-state index contributed by atoms with van der Waals surface area (Å²) in [6.45, 7) is 4.70. The van der Waals surface area contributed by atoms with Gasteiger partial charge in [0.2, 0.25) is 0 Å². The third-order valence-corrected chi connectivity index (χ3v) is 23.4. The van der Waals surface area contributed by atoms with Crippen LogP contribution in [0, 0.1) is 0 Å². The van der Waals surface area contributed by atoms with Gasteiger partial charge in [-0.05, 0) is 95.1 Å². The fraction of sp³-hybridized carbons (Fsp3) is 0.0526. The maximum absolute atomic E-state index is 7.52. The monoisotopic (exact) mass is 829 g/mol. The van der Waals surface area contributed by atoms with Gasteiger partial charge in [-0.3, -0.25) is 0 Å². The molecule has 0 radical (unpaired) electrons. The fourth-order valence-electron chi connectivity index (χ4n) is 11.1. The van der Waals surface area contributed by atoms with Gasteiger partial charge in [-0.25, -0.2) is 0 Å². The maximum Gasteiger partial charge on any atom is 0.196 e. The molecule has 0 fully saturated rings. The average Bonchev–Trinajstić information content (AvgIpc) is 3.33. The summed E-state index contributed by atoms with van der Waals surface area (Å²) in [7, 11) is -6.26. The van der Waals surface area contributed by atoms with E-state index in [0.717, 1.165) is 28.7 Å². The molecule has 12 rings (SSSR count). The standard InChI is InChI=1S/C57H43NO2Si2/c1-57(2)44-27-9-11-29-46(44)58(47-30-12-10-28-45(47)57)40-21-19-26-43(39-40)61(41-22-5-3-6-23-41,42-24-7-4-8-25-42)54-37-20-38-55-56(54)60-50-33-15-18-36-53(50)62(55)51-34-16-13-31-48(51)59-49-32-14-17-35-52(49)62/h3-39H,1-2H3. The highest BCUT2D eigenvalue weighted by atomic mass is 28.3. The van der Waals surface area contributed by atoms with E-state index in [-0.39, 0.29) is 5.41 Å². The lowest BCUT2D eigenvalue weighted by Crippen LogP contribution is -2.80. The molecule has 0 atom stereocenters. The molecule has 0 amide bonds. The molecule has 296 valence electrons. The number of para-hydroxylation sites is 6. The van der Waals surface area contributed by atoms with Gasteiger partial charge in [0.05, 0.1) is 11.4 Å². The van der Waals surface area contributed by atoms with Crippen LogP contribution in [0.15, 0.2) is 224 Å². The van der Waals surface area contributed by atoms with Crippen molar-refractivity contribution < 1.29 is 9.47 Å². The van der Waals surface area contributed by atoms with E-state index < -0.39 is 16.1 Å². The van der Waals surface area contributed by atoms with Crippen molar-refractivity contribution in [2.24, 2.45) is 0 Å². The minimum Gasteiger partial charge on any atom is -0.458 e. The van der Waals surface area contributed by atoms with E-state index in [2.05, 4.69) is 243 Å². The van der Waals surface area contributed by atoms with Crippen LogP contribution in [0.4, 0.5) is 17.1 Å². The third kappa shape index (κ3) is 5.03. The summed E-state index contributed by atoms with van der Waals surface area (Å²) in [5.74, 6) is 3.70. The SMILES string of the molecule is CC1(C)c2ccccc2N(c2cccc([Si](c3ccccc3)(c3ccccc3)c3cccc4c3Oc3ccccc3[Si]43c4ccccc4Oc4ccccc43)c2)c2ccccc21. The molecular formula is C57H43NO2Si2. The number of ether oxygens (including phenoxy) is 2. The molecule has 0 saturated carbocycles. The van der Waals surface area contributed by atoms with Crippen LogP contribution in [-0.2, 0) is 5.41 Å². The Balaban J connectivity index is 1.19. The van der Waals surface area contributed by atoms with Gasteiger partial charge in [0.1, 0.15) is 23.0 Å². The zero-order valence-electron chi connectivity index (χ0n) is 34.6. The predicted octanol–water partition coefficient (Wildman–Crippen LogP) is 8.76. The second-order valence-electron chi connectivity index (χ2n) is 17.2. The summed E-state index contributed by atoms with van der Waals surface area (Å²) in [6.07, 6.45) is 0. The normalized spacial score (nSPS) is 14.8. The van der Waals surface area contributed by atoms with Crippen LogP contribution >= 0.6 is 0 Å². The smallest absolute Gasteiger partial charge is 0.196 e. The van der Waals surface area contributed by atoms with E-state index in [1.807, 2.05) is 0 Å². The van der Waals surface area contributed by atoms with E-state index in [1.54, 1.807) is 0 Å².